The van der Waals surface area contributed by atoms with Crippen LogP contribution in [0.25, 0.3) is 0 Å². The summed E-state index contributed by atoms with van der Waals surface area (Å²) in [5, 5.41) is 2.69. The molecule has 0 aliphatic heterocycles. The molecular weight excluding hydrogens is 371 g/mol. The van der Waals surface area contributed by atoms with E-state index in [0.29, 0.717) is 18.6 Å². The standard InChI is InChI=1S/C21H22F3NO3/c1-27-16-8-5-14(6-9-16)20(11-3-4-12-20)19(26)25-15-7-10-18(28-2)17(13-15)21(22,23)24/h5-10,13H,3-4,11-12H2,1-2H3,(H,25,26). The van der Waals surface area contributed by atoms with Crippen molar-refractivity contribution < 1.29 is 27.4 Å². The molecule has 2 aromatic carbocycles. The first-order valence-corrected chi connectivity index (χ1v) is 9.01. The van der Waals surface area contributed by atoms with Gasteiger partial charge in [0, 0.05) is 5.69 Å². The molecule has 0 spiro atoms. The number of methoxy groups -OCH3 is 2. The highest BCUT2D eigenvalue weighted by molar-refractivity contribution is 5.99. The van der Waals surface area contributed by atoms with Crippen LogP contribution < -0.4 is 14.8 Å². The molecule has 0 unspecified atom stereocenters. The van der Waals surface area contributed by atoms with Gasteiger partial charge < -0.3 is 14.8 Å². The van der Waals surface area contributed by atoms with E-state index >= 15 is 0 Å². The number of nitrogens with one attached hydrogen (secondary N) is 1. The average molecular weight is 393 g/mol. The van der Waals surface area contributed by atoms with Crippen LogP contribution in [0.1, 0.15) is 36.8 Å². The van der Waals surface area contributed by atoms with Gasteiger partial charge in [-0.2, -0.15) is 13.2 Å². The maximum Gasteiger partial charge on any atom is 0.420 e. The summed E-state index contributed by atoms with van der Waals surface area (Å²) in [6.45, 7) is 0. The Bertz CT molecular complexity index is 841. The highest BCUT2D eigenvalue weighted by Gasteiger charge is 2.43. The first-order valence-electron chi connectivity index (χ1n) is 9.01. The van der Waals surface area contributed by atoms with E-state index in [2.05, 4.69) is 5.32 Å². The largest absolute Gasteiger partial charge is 0.497 e. The third-order valence-corrected chi connectivity index (χ3v) is 5.30. The SMILES string of the molecule is COc1ccc(C2(C(=O)Nc3ccc(OC)c(C(F)(F)F)c3)CCCC2)cc1. The van der Waals surface area contributed by atoms with Crippen LogP contribution in [0.5, 0.6) is 11.5 Å². The van der Waals surface area contributed by atoms with Crippen LogP contribution in [0.2, 0.25) is 0 Å². The molecule has 7 heteroatoms. The zero-order chi connectivity index (χ0) is 20.4. The number of alkyl halides is 3. The van der Waals surface area contributed by atoms with Crippen molar-refractivity contribution in [1.29, 1.82) is 0 Å². The number of carbonyl (C=O) groups excluding carboxylic acids is 1. The van der Waals surface area contributed by atoms with Crippen LogP contribution in [-0.2, 0) is 16.4 Å². The third-order valence-electron chi connectivity index (χ3n) is 5.30. The fraction of sp³-hybridized carbons (Fsp3) is 0.381. The summed E-state index contributed by atoms with van der Waals surface area (Å²) in [5.41, 5.74) is -0.742. The molecule has 3 rings (SSSR count). The highest BCUT2D eigenvalue weighted by Crippen LogP contribution is 2.43. The van der Waals surface area contributed by atoms with Crippen LogP contribution in [-0.4, -0.2) is 20.1 Å². The van der Waals surface area contributed by atoms with E-state index in [1.807, 2.05) is 12.1 Å². The second-order valence-corrected chi connectivity index (χ2v) is 6.88. The van der Waals surface area contributed by atoms with Gasteiger partial charge in [0.05, 0.1) is 25.2 Å². The van der Waals surface area contributed by atoms with Crippen molar-refractivity contribution in [3.63, 3.8) is 0 Å². The Morgan fingerprint density at radius 1 is 1.00 bits per heavy atom. The van der Waals surface area contributed by atoms with Crippen LogP contribution in [0.4, 0.5) is 18.9 Å². The molecule has 1 aliphatic rings. The molecule has 0 saturated heterocycles. The lowest BCUT2D eigenvalue weighted by molar-refractivity contribution is -0.138. The topological polar surface area (TPSA) is 47.6 Å². The quantitative estimate of drug-likeness (QED) is 0.762. The number of carbonyl (C=O) groups is 1. The van der Waals surface area contributed by atoms with Gasteiger partial charge in [0.2, 0.25) is 5.91 Å². The van der Waals surface area contributed by atoms with E-state index in [-0.39, 0.29) is 17.3 Å². The molecule has 1 saturated carbocycles. The molecule has 0 atom stereocenters. The molecule has 1 N–H and O–H groups in total. The number of halogens is 3. The Morgan fingerprint density at radius 3 is 2.18 bits per heavy atom. The van der Waals surface area contributed by atoms with Crippen molar-refractivity contribution in [3.8, 4) is 11.5 Å². The van der Waals surface area contributed by atoms with E-state index in [0.717, 1.165) is 24.5 Å². The van der Waals surface area contributed by atoms with Crippen molar-refractivity contribution >= 4 is 11.6 Å². The molecule has 0 heterocycles. The number of ether oxygens (including phenoxy) is 2. The van der Waals surface area contributed by atoms with Crippen molar-refractivity contribution in [3.05, 3.63) is 53.6 Å². The Labute approximate surface area is 161 Å². The Balaban J connectivity index is 1.91. The highest BCUT2D eigenvalue weighted by atomic mass is 19.4. The number of amides is 1. The average Bonchev–Trinajstić information content (AvgIpc) is 3.18. The number of benzene rings is 2. The molecule has 28 heavy (non-hydrogen) atoms. The number of anilines is 1. The molecule has 1 aliphatic carbocycles. The minimum absolute atomic E-state index is 0.0953. The van der Waals surface area contributed by atoms with Crippen LogP contribution >= 0.6 is 0 Å². The zero-order valence-electron chi connectivity index (χ0n) is 15.7. The number of hydrogen-bond donors (Lipinski definition) is 1. The summed E-state index contributed by atoms with van der Waals surface area (Å²) >= 11 is 0. The van der Waals surface area contributed by atoms with Crippen LogP contribution in [0.15, 0.2) is 42.5 Å². The maximum atomic E-state index is 13.3. The fourth-order valence-corrected chi connectivity index (χ4v) is 3.79. The summed E-state index contributed by atoms with van der Waals surface area (Å²) < 4.78 is 49.7. The van der Waals surface area contributed by atoms with Crippen LogP contribution in [0.3, 0.4) is 0 Å². The van der Waals surface area contributed by atoms with E-state index in [1.165, 1.54) is 19.2 Å². The normalized spacial score (nSPS) is 15.9. The lowest BCUT2D eigenvalue weighted by Crippen LogP contribution is -2.38. The first-order chi connectivity index (χ1) is 13.3. The molecule has 0 radical (unpaired) electrons. The van der Waals surface area contributed by atoms with Crippen molar-refractivity contribution in [1.82, 2.24) is 0 Å². The summed E-state index contributed by atoms with van der Waals surface area (Å²) in [5.74, 6) is 0.104. The predicted octanol–water partition coefficient (Wildman–Crippen LogP) is 5.17. The van der Waals surface area contributed by atoms with Gasteiger partial charge in [0.1, 0.15) is 11.5 Å². The van der Waals surface area contributed by atoms with E-state index in [1.54, 1.807) is 19.2 Å². The predicted molar refractivity (Wildman–Crippen MR) is 99.8 cm³/mol. The Morgan fingerprint density at radius 2 is 1.64 bits per heavy atom. The second-order valence-electron chi connectivity index (χ2n) is 6.88. The Kier molecular flexibility index (Phi) is 5.54. The minimum Gasteiger partial charge on any atom is -0.497 e. The van der Waals surface area contributed by atoms with Gasteiger partial charge in [0.15, 0.2) is 0 Å². The van der Waals surface area contributed by atoms with Crippen molar-refractivity contribution in [2.75, 3.05) is 19.5 Å². The van der Waals surface area contributed by atoms with E-state index in [9.17, 15) is 18.0 Å². The summed E-state index contributed by atoms with van der Waals surface area (Å²) in [6, 6.07) is 10.8. The van der Waals surface area contributed by atoms with Gasteiger partial charge >= 0.3 is 6.18 Å². The van der Waals surface area contributed by atoms with Gasteiger partial charge in [-0.3, -0.25) is 4.79 Å². The maximum absolute atomic E-state index is 13.3. The van der Waals surface area contributed by atoms with Crippen molar-refractivity contribution in [2.45, 2.75) is 37.3 Å². The monoisotopic (exact) mass is 393 g/mol. The molecular formula is C21H22F3NO3. The van der Waals surface area contributed by atoms with Gasteiger partial charge in [-0.15, -0.1) is 0 Å². The molecule has 0 aromatic heterocycles. The fourth-order valence-electron chi connectivity index (χ4n) is 3.79. The summed E-state index contributed by atoms with van der Waals surface area (Å²) in [4.78, 5) is 13.2. The number of rotatable bonds is 5. The molecule has 2 aromatic rings. The van der Waals surface area contributed by atoms with Gasteiger partial charge in [0.25, 0.3) is 0 Å². The van der Waals surface area contributed by atoms with Gasteiger partial charge in [-0.1, -0.05) is 25.0 Å². The molecule has 150 valence electrons. The molecule has 1 amide bonds. The lowest BCUT2D eigenvalue weighted by Gasteiger charge is -2.28. The van der Waals surface area contributed by atoms with E-state index < -0.39 is 17.2 Å². The zero-order valence-corrected chi connectivity index (χ0v) is 15.7. The van der Waals surface area contributed by atoms with Gasteiger partial charge in [-0.25, -0.2) is 0 Å². The smallest absolute Gasteiger partial charge is 0.420 e. The Hall–Kier alpha value is -2.70. The third kappa shape index (κ3) is 3.79. The summed E-state index contributed by atoms with van der Waals surface area (Å²) in [6.07, 6.45) is -1.51. The lowest BCUT2D eigenvalue weighted by atomic mass is 9.78. The molecule has 0 bridgehead atoms. The summed E-state index contributed by atoms with van der Waals surface area (Å²) in [7, 11) is 2.75. The molecule has 4 nitrogen and oxygen atoms in total. The first kappa shape index (κ1) is 20.0. The van der Waals surface area contributed by atoms with Gasteiger partial charge in [-0.05, 0) is 48.7 Å². The van der Waals surface area contributed by atoms with E-state index in [4.69, 9.17) is 9.47 Å². The van der Waals surface area contributed by atoms with Crippen LogP contribution in [0, 0.1) is 0 Å². The minimum atomic E-state index is -4.58. The van der Waals surface area contributed by atoms with Crippen molar-refractivity contribution in [2.24, 2.45) is 0 Å². The second kappa shape index (κ2) is 7.73. The number of hydrogen-bond acceptors (Lipinski definition) is 3. The molecule has 1 fully saturated rings.